The fraction of sp³-hybridized carbons (Fsp3) is 1.00. The highest BCUT2D eigenvalue weighted by molar-refractivity contribution is 4.88. The molecule has 0 saturated heterocycles. The number of rotatable bonds is 15. The summed E-state index contributed by atoms with van der Waals surface area (Å²) in [4.78, 5) is 0. The second kappa shape index (κ2) is 14.1. The van der Waals surface area contributed by atoms with Crippen LogP contribution < -0.4 is 0 Å². The largest absolute Gasteiger partial charge is 0.0651 e. The van der Waals surface area contributed by atoms with E-state index in [0.717, 1.165) is 53.3 Å². The molecule has 7 unspecified atom stereocenters. The van der Waals surface area contributed by atoms with E-state index in [1.165, 1.54) is 44.9 Å². The van der Waals surface area contributed by atoms with Crippen molar-refractivity contribution < 1.29 is 0 Å². The van der Waals surface area contributed by atoms with Crippen molar-refractivity contribution in [3.63, 3.8) is 0 Å². The molecule has 0 aliphatic heterocycles. The lowest BCUT2D eigenvalue weighted by molar-refractivity contribution is 0.0249. The normalized spacial score (nSPS) is 21.3. The summed E-state index contributed by atoms with van der Waals surface area (Å²) in [6.07, 6.45) is 9.54. The molecule has 0 aliphatic carbocycles. The van der Waals surface area contributed by atoms with E-state index in [1.54, 1.807) is 0 Å². The Kier molecular flexibility index (Phi) is 14.1. The summed E-state index contributed by atoms with van der Waals surface area (Å²) in [6, 6.07) is 0. The molecule has 0 heterocycles. The molecule has 164 valence electrons. The highest BCUT2D eigenvalue weighted by Crippen LogP contribution is 2.46. The van der Waals surface area contributed by atoms with E-state index in [1.807, 2.05) is 0 Å². The van der Waals surface area contributed by atoms with Gasteiger partial charge in [-0.15, -0.1) is 0 Å². The molecule has 0 fully saturated rings. The van der Waals surface area contributed by atoms with Gasteiger partial charge in [0, 0.05) is 0 Å². The van der Waals surface area contributed by atoms with E-state index < -0.39 is 0 Å². The predicted molar refractivity (Wildman–Crippen MR) is 126 cm³/mol. The Balaban J connectivity index is 5.78. The van der Waals surface area contributed by atoms with Gasteiger partial charge in [-0.1, -0.05) is 115 Å². The Morgan fingerprint density at radius 2 is 0.926 bits per heavy atom. The summed E-state index contributed by atoms with van der Waals surface area (Å²) in [5.41, 5.74) is 0. The molecule has 27 heavy (non-hydrogen) atoms. The molecular formula is C27H56. The molecule has 0 aliphatic rings. The summed E-state index contributed by atoms with van der Waals surface area (Å²) in [5.74, 6) is 7.76. The zero-order valence-corrected chi connectivity index (χ0v) is 21.1. The molecule has 0 bridgehead atoms. The van der Waals surface area contributed by atoms with Gasteiger partial charge < -0.3 is 0 Å². The van der Waals surface area contributed by atoms with E-state index in [2.05, 4.69) is 76.2 Å². The minimum absolute atomic E-state index is 0.838. The fourth-order valence-corrected chi connectivity index (χ4v) is 6.07. The van der Waals surface area contributed by atoms with Gasteiger partial charge in [-0.05, 0) is 59.7 Å². The molecule has 0 aromatic rings. The third kappa shape index (κ3) is 8.10. The van der Waals surface area contributed by atoms with Crippen LogP contribution in [-0.4, -0.2) is 0 Å². The summed E-state index contributed by atoms with van der Waals surface area (Å²) in [6.45, 7) is 27.2. The second-order valence-electron chi connectivity index (χ2n) is 10.4. The topological polar surface area (TPSA) is 0 Å². The maximum atomic E-state index is 2.64. The lowest BCUT2D eigenvalue weighted by Crippen LogP contribution is -2.40. The van der Waals surface area contributed by atoms with Gasteiger partial charge in [-0.25, -0.2) is 0 Å². The van der Waals surface area contributed by atoms with Gasteiger partial charge in [0.15, 0.2) is 0 Å². The first-order valence-corrected chi connectivity index (χ1v) is 12.7. The first-order valence-electron chi connectivity index (χ1n) is 12.7. The smallest absolute Gasteiger partial charge is 0.0327 e. The van der Waals surface area contributed by atoms with Crippen molar-refractivity contribution in [3.8, 4) is 0 Å². The van der Waals surface area contributed by atoms with Crippen molar-refractivity contribution in [2.45, 2.75) is 121 Å². The molecular weight excluding hydrogens is 324 g/mol. The van der Waals surface area contributed by atoms with Crippen molar-refractivity contribution >= 4 is 0 Å². The highest BCUT2D eigenvalue weighted by atomic mass is 14.4. The minimum atomic E-state index is 0.838. The van der Waals surface area contributed by atoms with Crippen LogP contribution in [0.1, 0.15) is 121 Å². The van der Waals surface area contributed by atoms with Crippen molar-refractivity contribution in [2.75, 3.05) is 0 Å². The summed E-state index contributed by atoms with van der Waals surface area (Å²) in [7, 11) is 0. The summed E-state index contributed by atoms with van der Waals surface area (Å²) >= 11 is 0. The van der Waals surface area contributed by atoms with Crippen LogP contribution >= 0.6 is 0 Å². The van der Waals surface area contributed by atoms with Gasteiger partial charge in [-0.2, -0.15) is 0 Å². The molecule has 0 radical (unpaired) electrons. The predicted octanol–water partition coefficient (Wildman–Crippen LogP) is 9.48. The molecule has 0 aromatic carbocycles. The molecule has 0 rings (SSSR count). The zero-order valence-electron chi connectivity index (χ0n) is 21.1. The zero-order chi connectivity index (χ0) is 21.1. The van der Waals surface area contributed by atoms with Crippen LogP contribution in [0.5, 0.6) is 0 Å². The summed E-state index contributed by atoms with van der Waals surface area (Å²) < 4.78 is 0. The van der Waals surface area contributed by atoms with Gasteiger partial charge in [0.2, 0.25) is 0 Å². The van der Waals surface area contributed by atoms with Crippen molar-refractivity contribution in [2.24, 2.45) is 53.3 Å². The lowest BCUT2D eigenvalue weighted by Gasteiger charge is -2.46. The molecule has 7 atom stereocenters. The Labute approximate surface area is 174 Å². The third-order valence-corrected chi connectivity index (χ3v) is 8.35. The average Bonchev–Trinajstić information content (AvgIpc) is 2.66. The SMILES string of the molecule is CCC(C)C(C(C)CC)C(C(C)CC)C(C)C(CC)C(CC)CCC(C)C. The molecule has 0 spiro atoms. The van der Waals surface area contributed by atoms with Gasteiger partial charge in [0.1, 0.15) is 0 Å². The van der Waals surface area contributed by atoms with Crippen molar-refractivity contribution in [1.82, 2.24) is 0 Å². The fourth-order valence-electron chi connectivity index (χ4n) is 6.07. The molecule has 0 nitrogen and oxygen atoms in total. The first-order chi connectivity index (χ1) is 12.7. The van der Waals surface area contributed by atoms with Gasteiger partial charge in [-0.3, -0.25) is 0 Å². The first kappa shape index (κ1) is 27.0. The van der Waals surface area contributed by atoms with Crippen LogP contribution in [0.15, 0.2) is 0 Å². The van der Waals surface area contributed by atoms with Gasteiger partial charge in [0.05, 0.1) is 0 Å². The van der Waals surface area contributed by atoms with Crippen LogP contribution in [0.3, 0.4) is 0 Å². The number of hydrogen-bond donors (Lipinski definition) is 0. The van der Waals surface area contributed by atoms with Crippen LogP contribution in [0, 0.1) is 53.3 Å². The third-order valence-electron chi connectivity index (χ3n) is 8.35. The molecule has 0 N–H and O–H groups in total. The highest BCUT2D eigenvalue weighted by Gasteiger charge is 2.40. The standard InChI is InChI=1S/C27H56/c1-12-20(8)26(21(9)13-2)27(22(10)14-3)23(11)25(16-5)24(15-4)18-17-19(6)7/h19-27H,12-18H2,1-11H3. The van der Waals surface area contributed by atoms with E-state index in [-0.39, 0.29) is 0 Å². The van der Waals surface area contributed by atoms with Gasteiger partial charge in [0.25, 0.3) is 0 Å². The lowest BCUT2D eigenvalue weighted by atomic mass is 9.59. The minimum Gasteiger partial charge on any atom is -0.0651 e. The van der Waals surface area contributed by atoms with E-state index in [0.29, 0.717) is 0 Å². The van der Waals surface area contributed by atoms with E-state index in [9.17, 15) is 0 Å². The van der Waals surface area contributed by atoms with Crippen LogP contribution in [0.4, 0.5) is 0 Å². The van der Waals surface area contributed by atoms with Crippen molar-refractivity contribution in [3.05, 3.63) is 0 Å². The summed E-state index contributed by atoms with van der Waals surface area (Å²) in [5, 5.41) is 0. The Morgan fingerprint density at radius 3 is 1.26 bits per heavy atom. The van der Waals surface area contributed by atoms with Crippen LogP contribution in [0.2, 0.25) is 0 Å². The second-order valence-corrected chi connectivity index (χ2v) is 10.4. The molecule has 0 heteroatoms. The monoisotopic (exact) mass is 380 g/mol. The van der Waals surface area contributed by atoms with Crippen LogP contribution in [0.25, 0.3) is 0 Å². The Morgan fingerprint density at radius 1 is 0.481 bits per heavy atom. The Hall–Kier alpha value is 0. The van der Waals surface area contributed by atoms with Crippen LogP contribution in [-0.2, 0) is 0 Å². The quantitative estimate of drug-likeness (QED) is 0.265. The molecule has 0 amide bonds. The van der Waals surface area contributed by atoms with E-state index in [4.69, 9.17) is 0 Å². The molecule has 0 aromatic heterocycles. The maximum Gasteiger partial charge on any atom is -0.0327 e. The number of hydrogen-bond acceptors (Lipinski definition) is 0. The van der Waals surface area contributed by atoms with Gasteiger partial charge >= 0.3 is 0 Å². The average molecular weight is 381 g/mol. The van der Waals surface area contributed by atoms with Crippen molar-refractivity contribution in [1.29, 1.82) is 0 Å². The maximum absolute atomic E-state index is 2.64. The van der Waals surface area contributed by atoms with E-state index >= 15 is 0 Å². The molecule has 0 saturated carbocycles. The Bertz CT molecular complexity index is 334.